The molecule has 2 aliphatic carbocycles. The fourth-order valence-corrected chi connectivity index (χ4v) is 4.27. The first-order valence-electron chi connectivity index (χ1n) is 7.20. The van der Waals surface area contributed by atoms with Crippen molar-refractivity contribution in [3.05, 3.63) is 0 Å². The predicted octanol–water partition coefficient (Wildman–Crippen LogP) is 2.71. The summed E-state index contributed by atoms with van der Waals surface area (Å²) in [4.78, 5) is 0. The lowest BCUT2D eigenvalue weighted by Crippen LogP contribution is -2.40. The number of ether oxygens (including phenoxy) is 1. The van der Waals surface area contributed by atoms with Crippen LogP contribution in [0.4, 0.5) is 0 Å². The molecule has 0 radical (unpaired) electrons. The molecule has 2 nitrogen and oxygen atoms in total. The Morgan fingerprint density at radius 1 is 1.12 bits per heavy atom. The quantitative estimate of drug-likeness (QED) is 0.798. The molecule has 3 fully saturated rings. The monoisotopic (exact) mass is 223 g/mol. The highest BCUT2D eigenvalue weighted by Gasteiger charge is 2.40. The van der Waals surface area contributed by atoms with Gasteiger partial charge in [-0.15, -0.1) is 0 Å². The number of fused-ring (bicyclic) bond motifs is 2. The Hall–Kier alpha value is -0.0800. The highest BCUT2D eigenvalue weighted by molar-refractivity contribution is 4.92. The zero-order valence-corrected chi connectivity index (χ0v) is 10.2. The highest BCUT2D eigenvalue weighted by atomic mass is 16.5. The Morgan fingerprint density at radius 2 is 2.06 bits per heavy atom. The number of nitrogens with two attached hydrogens (primary N) is 1. The smallest absolute Gasteiger partial charge is 0.0726 e. The van der Waals surface area contributed by atoms with Gasteiger partial charge in [0.1, 0.15) is 0 Å². The maximum absolute atomic E-state index is 6.34. The third kappa shape index (κ3) is 2.14. The third-order valence-electron chi connectivity index (χ3n) is 5.15. The molecule has 5 atom stereocenters. The van der Waals surface area contributed by atoms with Gasteiger partial charge in [0.2, 0.25) is 0 Å². The first kappa shape index (κ1) is 11.0. The number of hydrogen-bond donors (Lipinski definition) is 1. The summed E-state index contributed by atoms with van der Waals surface area (Å²) in [6.45, 7) is 0.940. The van der Waals surface area contributed by atoms with E-state index in [1.165, 1.54) is 51.4 Å². The molecule has 2 heteroatoms. The second kappa shape index (κ2) is 4.66. The lowest BCUT2D eigenvalue weighted by atomic mass is 9.82. The van der Waals surface area contributed by atoms with Crippen LogP contribution in [-0.4, -0.2) is 18.8 Å². The van der Waals surface area contributed by atoms with Crippen molar-refractivity contribution in [2.24, 2.45) is 23.5 Å². The summed E-state index contributed by atoms with van der Waals surface area (Å²) in [5, 5.41) is 0. The van der Waals surface area contributed by atoms with Crippen LogP contribution in [0.25, 0.3) is 0 Å². The number of hydrogen-bond acceptors (Lipinski definition) is 2. The van der Waals surface area contributed by atoms with E-state index in [9.17, 15) is 0 Å². The van der Waals surface area contributed by atoms with Crippen LogP contribution in [0.5, 0.6) is 0 Å². The SMILES string of the molecule is NC(CC1CC2CCC1C2)C1CCCCO1. The van der Waals surface area contributed by atoms with Crippen LogP contribution in [0.1, 0.15) is 51.4 Å². The molecule has 16 heavy (non-hydrogen) atoms. The van der Waals surface area contributed by atoms with E-state index in [0.29, 0.717) is 12.1 Å². The van der Waals surface area contributed by atoms with E-state index in [1.54, 1.807) is 0 Å². The van der Waals surface area contributed by atoms with E-state index in [4.69, 9.17) is 10.5 Å². The summed E-state index contributed by atoms with van der Waals surface area (Å²) in [7, 11) is 0. The molecule has 0 amide bonds. The average Bonchev–Trinajstić information content (AvgIpc) is 2.92. The minimum atomic E-state index is 0.310. The minimum absolute atomic E-state index is 0.310. The van der Waals surface area contributed by atoms with Crippen LogP contribution < -0.4 is 5.73 Å². The van der Waals surface area contributed by atoms with Crippen molar-refractivity contribution < 1.29 is 4.74 Å². The van der Waals surface area contributed by atoms with E-state index < -0.39 is 0 Å². The zero-order valence-electron chi connectivity index (χ0n) is 10.2. The van der Waals surface area contributed by atoms with E-state index in [1.807, 2.05) is 0 Å². The first-order valence-corrected chi connectivity index (χ1v) is 7.20. The number of rotatable bonds is 3. The molecule has 5 unspecified atom stereocenters. The van der Waals surface area contributed by atoms with Crippen LogP contribution in [0.2, 0.25) is 0 Å². The Morgan fingerprint density at radius 3 is 2.69 bits per heavy atom. The van der Waals surface area contributed by atoms with Crippen LogP contribution >= 0.6 is 0 Å². The molecule has 2 bridgehead atoms. The summed E-state index contributed by atoms with van der Waals surface area (Å²) in [5.41, 5.74) is 6.34. The van der Waals surface area contributed by atoms with Gasteiger partial charge in [0.15, 0.2) is 0 Å². The fourth-order valence-electron chi connectivity index (χ4n) is 4.27. The van der Waals surface area contributed by atoms with Gasteiger partial charge in [-0.25, -0.2) is 0 Å². The minimum Gasteiger partial charge on any atom is -0.377 e. The van der Waals surface area contributed by atoms with Gasteiger partial charge in [-0.3, -0.25) is 0 Å². The fraction of sp³-hybridized carbons (Fsp3) is 1.00. The van der Waals surface area contributed by atoms with Gasteiger partial charge in [0.25, 0.3) is 0 Å². The van der Waals surface area contributed by atoms with Gasteiger partial charge in [-0.05, 0) is 62.7 Å². The molecule has 3 aliphatic rings. The van der Waals surface area contributed by atoms with Gasteiger partial charge in [-0.1, -0.05) is 6.42 Å². The summed E-state index contributed by atoms with van der Waals surface area (Å²) in [6, 6.07) is 0.310. The van der Waals surface area contributed by atoms with Crippen LogP contribution in [0, 0.1) is 17.8 Å². The Kier molecular flexibility index (Phi) is 3.21. The molecule has 0 aromatic rings. The summed E-state index contributed by atoms with van der Waals surface area (Å²) in [6.07, 6.45) is 11.3. The van der Waals surface area contributed by atoms with E-state index in [-0.39, 0.29) is 0 Å². The van der Waals surface area contributed by atoms with Gasteiger partial charge < -0.3 is 10.5 Å². The molecule has 0 aromatic carbocycles. The molecule has 2 saturated carbocycles. The Bertz CT molecular complexity index is 237. The largest absolute Gasteiger partial charge is 0.377 e. The molecule has 92 valence electrons. The Labute approximate surface area is 98.9 Å². The van der Waals surface area contributed by atoms with Crippen LogP contribution in [0.3, 0.4) is 0 Å². The normalized spacial score (nSPS) is 44.8. The average molecular weight is 223 g/mol. The topological polar surface area (TPSA) is 35.2 Å². The standard InChI is InChI=1S/C14H25NO/c15-13(14-3-1-2-6-16-14)9-12-8-10-4-5-11(12)7-10/h10-14H,1-9,15H2. The predicted molar refractivity (Wildman–Crippen MR) is 65.1 cm³/mol. The van der Waals surface area contributed by atoms with Crippen molar-refractivity contribution in [2.75, 3.05) is 6.61 Å². The van der Waals surface area contributed by atoms with E-state index in [2.05, 4.69) is 0 Å². The molecule has 0 spiro atoms. The second-order valence-electron chi connectivity index (χ2n) is 6.24. The third-order valence-corrected chi connectivity index (χ3v) is 5.15. The molecule has 0 aromatic heterocycles. The van der Waals surface area contributed by atoms with Crippen molar-refractivity contribution in [3.8, 4) is 0 Å². The van der Waals surface area contributed by atoms with E-state index in [0.717, 1.165) is 24.4 Å². The molecular weight excluding hydrogens is 198 g/mol. The maximum atomic E-state index is 6.34. The molecule has 3 rings (SSSR count). The van der Waals surface area contributed by atoms with Crippen LogP contribution in [0.15, 0.2) is 0 Å². The van der Waals surface area contributed by atoms with Crippen molar-refractivity contribution in [1.29, 1.82) is 0 Å². The van der Waals surface area contributed by atoms with Crippen molar-refractivity contribution in [3.63, 3.8) is 0 Å². The lowest BCUT2D eigenvalue weighted by molar-refractivity contribution is -0.00567. The first-order chi connectivity index (χ1) is 7.83. The molecule has 1 saturated heterocycles. The van der Waals surface area contributed by atoms with Crippen molar-refractivity contribution in [1.82, 2.24) is 0 Å². The lowest BCUT2D eigenvalue weighted by Gasteiger charge is -2.31. The molecule has 1 aliphatic heterocycles. The summed E-state index contributed by atoms with van der Waals surface area (Å²) < 4.78 is 5.81. The summed E-state index contributed by atoms with van der Waals surface area (Å²) >= 11 is 0. The van der Waals surface area contributed by atoms with Crippen molar-refractivity contribution in [2.45, 2.75) is 63.5 Å². The van der Waals surface area contributed by atoms with Crippen molar-refractivity contribution >= 4 is 0 Å². The Balaban J connectivity index is 1.50. The van der Waals surface area contributed by atoms with Gasteiger partial charge >= 0.3 is 0 Å². The second-order valence-corrected chi connectivity index (χ2v) is 6.24. The van der Waals surface area contributed by atoms with E-state index >= 15 is 0 Å². The molecular formula is C14H25NO. The van der Waals surface area contributed by atoms with Gasteiger partial charge in [0, 0.05) is 12.6 Å². The van der Waals surface area contributed by atoms with Gasteiger partial charge in [-0.2, -0.15) is 0 Å². The summed E-state index contributed by atoms with van der Waals surface area (Å²) in [5.74, 6) is 2.99. The molecule has 2 N–H and O–H groups in total. The highest BCUT2D eigenvalue weighted by Crippen LogP contribution is 2.50. The maximum Gasteiger partial charge on any atom is 0.0726 e. The molecule has 1 heterocycles. The van der Waals surface area contributed by atoms with Crippen LogP contribution in [-0.2, 0) is 4.74 Å². The van der Waals surface area contributed by atoms with Gasteiger partial charge in [0.05, 0.1) is 6.10 Å². The zero-order chi connectivity index (χ0) is 11.0.